The Morgan fingerprint density at radius 2 is 2.19 bits per heavy atom. The van der Waals surface area contributed by atoms with Crippen LogP contribution >= 0.6 is 11.3 Å². The van der Waals surface area contributed by atoms with Crippen LogP contribution in [0.5, 0.6) is 0 Å². The summed E-state index contributed by atoms with van der Waals surface area (Å²) in [6.07, 6.45) is 4.68. The van der Waals surface area contributed by atoms with Crippen LogP contribution in [0.1, 0.15) is 13.0 Å². The van der Waals surface area contributed by atoms with Gasteiger partial charge in [-0.2, -0.15) is 0 Å². The molecule has 0 aliphatic heterocycles. The van der Waals surface area contributed by atoms with Crippen LogP contribution in [0, 0.1) is 0 Å². The van der Waals surface area contributed by atoms with E-state index in [4.69, 9.17) is 4.42 Å². The highest BCUT2D eigenvalue weighted by Gasteiger charge is 2.25. The first-order chi connectivity index (χ1) is 12.6. The number of aromatic nitrogens is 3. The molecule has 0 aliphatic carbocycles. The van der Waals surface area contributed by atoms with Gasteiger partial charge in [0.1, 0.15) is 22.5 Å². The van der Waals surface area contributed by atoms with Crippen LogP contribution in [0.3, 0.4) is 0 Å². The van der Waals surface area contributed by atoms with E-state index in [-0.39, 0.29) is 5.82 Å². The monoisotopic (exact) mass is 367 g/mol. The highest BCUT2D eigenvalue weighted by Crippen LogP contribution is 2.33. The summed E-state index contributed by atoms with van der Waals surface area (Å²) in [5, 5.41) is 11.6. The minimum atomic E-state index is -1.12. The summed E-state index contributed by atoms with van der Waals surface area (Å²) in [7, 11) is 0. The van der Waals surface area contributed by atoms with Crippen molar-refractivity contribution in [2.24, 2.45) is 0 Å². The summed E-state index contributed by atoms with van der Waals surface area (Å²) in [4.78, 5) is 34.0. The number of furan rings is 1. The number of pyridine rings is 1. The molecule has 8 heteroatoms. The third-order valence-electron chi connectivity index (χ3n) is 4.09. The fourth-order valence-corrected chi connectivity index (χ4v) is 3.70. The number of carboxylic acid groups (broad SMARTS) is 1. The number of carboxylic acids is 1. The van der Waals surface area contributed by atoms with Gasteiger partial charge in [-0.25, -0.2) is 9.78 Å². The van der Waals surface area contributed by atoms with E-state index in [2.05, 4.69) is 9.97 Å². The maximum Gasteiger partial charge on any atom is 0.326 e. The van der Waals surface area contributed by atoms with Crippen molar-refractivity contribution in [1.82, 2.24) is 14.5 Å². The zero-order valence-electron chi connectivity index (χ0n) is 13.6. The summed E-state index contributed by atoms with van der Waals surface area (Å²) in [5.41, 5.74) is 0.764. The Morgan fingerprint density at radius 3 is 2.85 bits per heavy atom. The van der Waals surface area contributed by atoms with Crippen molar-refractivity contribution in [3.05, 3.63) is 58.7 Å². The van der Waals surface area contributed by atoms with E-state index in [1.807, 2.05) is 0 Å². The van der Waals surface area contributed by atoms with Gasteiger partial charge in [0.25, 0.3) is 5.56 Å². The van der Waals surface area contributed by atoms with Crippen LogP contribution in [-0.4, -0.2) is 25.6 Å². The molecular weight excluding hydrogens is 354 g/mol. The van der Waals surface area contributed by atoms with Crippen molar-refractivity contribution in [3.63, 3.8) is 0 Å². The van der Waals surface area contributed by atoms with Gasteiger partial charge < -0.3 is 9.52 Å². The van der Waals surface area contributed by atoms with Crippen molar-refractivity contribution in [3.8, 4) is 22.7 Å². The summed E-state index contributed by atoms with van der Waals surface area (Å²) in [5.74, 6) is -0.301. The van der Waals surface area contributed by atoms with Crippen LogP contribution in [0.4, 0.5) is 0 Å². The Hall–Kier alpha value is -3.26. The van der Waals surface area contributed by atoms with Gasteiger partial charge in [-0.1, -0.05) is 0 Å². The van der Waals surface area contributed by atoms with Gasteiger partial charge in [-0.15, -0.1) is 11.3 Å². The number of carbonyl (C=O) groups is 1. The maximum absolute atomic E-state index is 13.2. The second kappa shape index (κ2) is 6.23. The van der Waals surface area contributed by atoms with Crippen LogP contribution < -0.4 is 5.56 Å². The molecule has 26 heavy (non-hydrogen) atoms. The van der Waals surface area contributed by atoms with E-state index in [9.17, 15) is 14.7 Å². The molecule has 4 rings (SSSR count). The summed E-state index contributed by atoms with van der Waals surface area (Å²) >= 11 is 1.31. The Morgan fingerprint density at radius 1 is 1.35 bits per heavy atom. The number of hydrogen-bond donors (Lipinski definition) is 1. The quantitative estimate of drug-likeness (QED) is 0.593. The first-order valence-corrected chi connectivity index (χ1v) is 8.66. The van der Waals surface area contributed by atoms with E-state index in [0.717, 1.165) is 0 Å². The summed E-state index contributed by atoms with van der Waals surface area (Å²) in [6, 6.07) is 5.85. The molecule has 0 aromatic carbocycles. The predicted molar refractivity (Wildman–Crippen MR) is 97.2 cm³/mol. The van der Waals surface area contributed by atoms with Gasteiger partial charge in [-0.05, 0) is 31.2 Å². The molecule has 0 saturated heterocycles. The molecule has 1 N–H and O–H groups in total. The molecule has 0 fully saturated rings. The number of fused-ring (bicyclic) bond motifs is 1. The third-order valence-corrected chi connectivity index (χ3v) is 4.96. The van der Waals surface area contributed by atoms with E-state index in [0.29, 0.717) is 27.1 Å². The Bertz CT molecular complexity index is 1150. The van der Waals surface area contributed by atoms with Crippen molar-refractivity contribution >= 4 is 27.5 Å². The molecule has 1 unspecified atom stereocenters. The second-order valence-corrected chi connectivity index (χ2v) is 6.53. The molecule has 1 atom stereocenters. The Labute approximate surface area is 151 Å². The lowest BCUT2D eigenvalue weighted by atomic mass is 10.1. The maximum atomic E-state index is 13.2. The van der Waals surface area contributed by atoms with E-state index < -0.39 is 17.6 Å². The van der Waals surface area contributed by atoms with Gasteiger partial charge in [0.05, 0.1) is 11.6 Å². The third kappa shape index (κ3) is 2.51. The lowest BCUT2D eigenvalue weighted by Gasteiger charge is -2.16. The van der Waals surface area contributed by atoms with Gasteiger partial charge in [0.2, 0.25) is 0 Å². The van der Waals surface area contributed by atoms with E-state index in [1.165, 1.54) is 29.1 Å². The molecule has 0 aliphatic rings. The normalized spacial score (nSPS) is 12.3. The molecule has 4 aromatic heterocycles. The molecule has 0 spiro atoms. The highest BCUT2D eigenvalue weighted by atomic mass is 32.1. The Kier molecular flexibility index (Phi) is 3.89. The highest BCUT2D eigenvalue weighted by molar-refractivity contribution is 7.17. The fraction of sp³-hybridized carbons (Fsp3) is 0.111. The zero-order valence-corrected chi connectivity index (χ0v) is 14.4. The molecule has 7 nitrogen and oxygen atoms in total. The smallest absolute Gasteiger partial charge is 0.326 e. The summed E-state index contributed by atoms with van der Waals surface area (Å²) in [6.45, 7) is 1.45. The average Bonchev–Trinajstić information content (AvgIpc) is 3.31. The molecule has 4 aromatic rings. The zero-order chi connectivity index (χ0) is 18.3. The minimum absolute atomic E-state index is 0.276. The average molecular weight is 367 g/mol. The number of hydrogen-bond acceptors (Lipinski definition) is 6. The fourth-order valence-electron chi connectivity index (χ4n) is 2.78. The van der Waals surface area contributed by atoms with Crippen LogP contribution in [0.15, 0.2) is 57.5 Å². The standard InChI is InChI=1S/C18H13N3O4S/c1-10(18(23)24)21-15(11-4-2-6-19-8-11)20-16-14(17(21)22)12(9-26-16)13-5-3-7-25-13/h2-10H,1H3,(H,23,24). The minimum Gasteiger partial charge on any atom is -0.480 e. The largest absolute Gasteiger partial charge is 0.480 e. The summed E-state index contributed by atoms with van der Waals surface area (Å²) < 4.78 is 6.60. The van der Waals surface area contributed by atoms with Crippen LogP contribution in [-0.2, 0) is 4.79 Å². The molecule has 0 amide bonds. The molecule has 0 radical (unpaired) electrons. The first kappa shape index (κ1) is 16.2. The van der Waals surface area contributed by atoms with Crippen LogP contribution in [0.25, 0.3) is 32.9 Å². The number of aliphatic carboxylic acids is 1. The number of thiophene rings is 1. The van der Waals surface area contributed by atoms with Crippen molar-refractivity contribution in [1.29, 1.82) is 0 Å². The second-order valence-electron chi connectivity index (χ2n) is 5.67. The van der Waals surface area contributed by atoms with Gasteiger partial charge >= 0.3 is 5.97 Å². The van der Waals surface area contributed by atoms with Gasteiger partial charge in [0.15, 0.2) is 0 Å². The van der Waals surface area contributed by atoms with Gasteiger partial charge in [-0.3, -0.25) is 14.3 Å². The number of rotatable bonds is 4. The van der Waals surface area contributed by atoms with E-state index in [1.54, 1.807) is 42.0 Å². The van der Waals surface area contributed by atoms with Crippen molar-refractivity contribution in [2.75, 3.05) is 0 Å². The molecule has 4 heterocycles. The first-order valence-electron chi connectivity index (χ1n) is 7.78. The Balaban J connectivity index is 2.08. The van der Waals surface area contributed by atoms with Crippen molar-refractivity contribution in [2.45, 2.75) is 13.0 Å². The molecule has 0 saturated carbocycles. The van der Waals surface area contributed by atoms with Gasteiger partial charge in [0, 0.05) is 28.9 Å². The van der Waals surface area contributed by atoms with Crippen molar-refractivity contribution < 1.29 is 14.3 Å². The topological polar surface area (TPSA) is 98.2 Å². The predicted octanol–water partition coefficient (Wildman–Crippen LogP) is 3.43. The molecular formula is C18H13N3O4S. The SMILES string of the molecule is CC(C(=O)O)n1c(-c2cccnc2)nc2scc(-c3ccco3)c2c1=O. The lowest BCUT2D eigenvalue weighted by molar-refractivity contribution is -0.140. The van der Waals surface area contributed by atoms with E-state index >= 15 is 0 Å². The lowest BCUT2D eigenvalue weighted by Crippen LogP contribution is -2.30. The number of nitrogens with zero attached hydrogens (tertiary/aromatic N) is 3. The molecule has 0 bridgehead atoms. The molecule has 130 valence electrons. The van der Waals surface area contributed by atoms with Crippen LogP contribution in [0.2, 0.25) is 0 Å².